The fraction of sp³-hybridized carbons (Fsp3) is 0.727. The lowest BCUT2D eigenvalue weighted by Crippen LogP contribution is -2.63. The first-order valence-electron chi connectivity index (χ1n) is 10.1. The topological polar surface area (TPSA) is 41.5 Å². The monoisotopic (exact) mass is 347 g/mol. The minimum Gasteiger partial charge on any atom is -0.361 e. The van der Waals surface area contributed by atoms with Crippen LogP contribution in [0, 0.1) is 0 Å². The molecule has 0 aromatic heterocycles. The van der Waals surface area contributed by atoms with Gasteiger partial charge in [-0.2, -0.15) is 0 Å². The van der Waals surface area contributed by atoms with E-state index in [9.17, 15) is 5.11 Å². The van der Waals surface area contributed by atoms with Crippen LogP contribution in [0.4, 0.5) is 0 Å². The summed E-state index contributed by atoms with van der Waals surface area (Å²) in [4.78, 5) is 0. The summed E-state index contributed by atoms with van der Waals surface area (Å²) in [6, 6.07) is 4.24. The number of hydrogen-bond donors (Lipinski definition) is 2. The van der Waals surface area contributed by atoms with Gasteiger partial charge in [-0.15, -0.1) is 0 Å². The fourth-order valence-electron chi connectivity index (χ4n) is 4.03. The number of ether oxygens (including phenoxy) is 1. The van der Waals surface area contributed by atoms with Crippen LogP contribution in [0.2, 0.25) is 0 Å². The van der Waals surface area contributed by atoms with E-state index in [1.54, 1.807) is 0 Å². The van der Waals surface area contributed by atoms with E-state index in [0.29, 0.717) is 6.61 Å². The molecule has 2 unspecified atom stereocenters. The second kappa shape index (κ2) is 8.20. The SMILES string of the molecule is CCCc1cc(C2(O)OCC(C)(C)NC2C)cc(CCC)c1CCC. The maximum Gasteiger partial charge on any atom is 0.208 e. The number of morpholine rings is 1. The summed E-state index contributed by atoms with van der Waals surface area (Å²) in [6.07, 6.45) is 6.62. The Morgan fingerprint density at radius 2 is 1.56 bits per heavy atom. The van der Waals surface area contributed by atoms with Gasteiger partial charge in [0, 0.05) is 11.1 Å². The van der Waals surface area contributed by atoms with Crippen molar-refractivity contribution in [2.24, 2.45) is 0 Å². The number of rotatable bonds is 7. The Morgan fingerprint density at radius 1 is 1.04 bits per heavy atom. The molecule has 2 N–H and O–H groups in total. The first-order valence-corrected chi connectivity index (χ1v) is 10.1. The van der Waals surface area contributed by atoms with Crippen LogP contribution in [0.15, 0.2) is 12.1 Å². The molecule has 0 amide bonds. The van der Waals surface area contributed by atoms with Crippen LogP contribution in [0.5, 0.6) is 0 Å². The molecule has 25 heavy (non-hydrogen) atoms. The third kappa shape index (κ3) is 4.45. The Labute approximate surface area is 154 Å². The van der Waals surface area contributed by atoms with E-state index in [0.717, 1.165) is 44.1 Å². The molecule has 2 atom stereocenters. The Hall–Kier alpha value is -0.900. The van der Waals surface area contributed by atoms with Crippen LogP contribution in [0.1, 0.15) is 83.1 Å². The number of nitrogens with one attached hydrogen (secondary N) is 1. The van der Waals surface area contributed by atoms with Crippen LogP contribution >= 0.6 is 0 Å². The van der Waals surface area contributed by atoms with Crippen molar-refractivity contribution < 1.29 is 9.84 Å². The molecular formula is C22H37NO2. The summed E-state index contributed by atoms with van der Waals surface area (Å²) in [6.45, 7) is 13.4. The minimum absolute atomic E-state index is 0.119. The summed E-state index contributed by atoms with van der Waals surface area (Å²) in [5.74, 6) is -1.26. The smallest absolute Gasteiger partial charge is 0.208 e. The summed E-state index contributed by atoms with van der Waals surface area (Å²) in [5, 5.41) is 14.9. The average molecular weight is 348 g/mol. The Kier molecular flexibility index (Phi) is 6.69. The van der Waals surface area contributed by atoms with Gasteiger partial charge in [0.25, 0.3) is 0 Å². The molecule has 1 saturated heterocycles. The van der Waals surface area contributed by atoms with Gasteiger partial charge in [-0.25, -0.2) is 0 Å². The van der Waals surface area contributed by atoms with Crippen molar-refractivity contribution in [1.82, 2.24) is 5.32 Å². The lowest BCUT2D eigenvalue weighted by atomic mass is 9.85. The Morgan fingerprint density at radius 3 is 2.00 bits per heavy atom. The molecule has 2 rings (SSSR count). The largest absolute Gasteiger partial charge is 0.361 e. The fourth-order valence-corrected chi connectivity index (χ4v) is 4.03. The molecular weight excluding hydrogens is 310 g/mol. The van der Waals surface area contributed by atoms with Gasteiger partial charge in [-0.1, -0.05) is 52.2 Å². The van der Waals surface area contributed by atoms with Gasteiger partial charge >= 0.3 is 0 Å². The van der Waals surface area contributed by atoms with E-state index in [2.05, 4.69) is 52.1 Å². The average Bonchev–Trinajstić information content (AvgIpc) is 2.54. The number of aliphatic hydroxyl groups is 1. The molecule has 3 heteroatoms. The minimum atomic E-state index is -1.26. The molecule has 142 valence electrons. The van der Waals surface area contributed by atoms with E-state index < -0.39 is 5.79 Å². The van der Waals surface area contributed by atoms with E-state index in [-0.39, 0.29) is 11.6 Å². The van der Waals surface area contributed by atoms with E-state index >= 15 is 0 Å². The van der Waals surface area contributed by atoms with Gasteiger partial charge in [-0.05, 0) is 56.7 Å². The molecule has 0 radical (unpaired) electrons. The highest BCUT2D eigenvalue weighted by Gasteiger charge is 2.45. The van der Waals surface area contributed by atoms with Crippen molar-refractivity contribution in [3.05, 3.63) is 34.4 Å². The molecule has 1 heterocycles. The van der Waals surface area contributed by atoms with Crippen LogP contribution < -0.4 is 5.32 Å². The maximum atomic E-state index is 11.4. The van der Waals surface area contributed by atoms with Crippen molar-refractivity contribution in [2.45, 2.75) is 97.4 Å². The van der Waals surface area contributed by atoms with Crippen molar-refractivity contribution in [3.63, 3.8) is 0 Å². The van der Waals surface area contributed by atoms with E-state index in [4.69, 9.17) is 4.74 Å². The highest BCUT2D eigenvalue weighted by Crippen LogP contribution is 2.35. The predicted molar refractivity (Wildman–Crippen MR) is 105 cm³/mol. The van der Waals surface area contributed by atoms with Gasteiger partial charge in [0.15, 0.2) is 0 Å². The zero-order valence-corrected chi connectivity index (χ0v) is 17.0. The summed E-state index contributed by atoms with van der Waals surface area (Å²) < 4.78 is 6.04. The molecule has 1 aromatic rings. The first kappa shape index (κ1) is 20.4. The molecule has 3 nitrogen and oxygen atoms in total. The molecule has 0 saturated carbocycles. The van der Waals surface area contributed by atoms with Crippen LogP contribution in [-0.4, -0.2) is 23.3 Å². The van der Waals surface area contributed by atoms with Crippen LogP contribution in [0.3, 0.4) is 0 Å². The number of benzene rings is 1. The summed E-state index contributed by atoms with van der Waals surface area (Å²) >= 11 is 0. The zero-order chi connectivity index (χ0) is 18.7. The Bertz CT molecular complexity index is 554. The highest BCUT2D eigenvalue weighted by atomic mass is 16.6. The quantitative estimate of drug-likeness (QED) is 0.764. The summed E-state index contributed by atoms with van der Waals surface area (Å²) in [5.41, 5.74) is 5.07. The standard InChI is InChI=1S/C22H37NO2/c1-7-10-17-13-19(14-18(11-8-2)20(17)12-9-3)22(24)16(4)23-21(5,6)15-25-22/h13-14,16,23-24H,7-12,15H2,1-6H3. The Balaban J connectivity index is 2.49. The maximum absolute atomic E-state index is 11.4. The normalized spacial score (nSPS) is 26.0. The van der Waals surface area contributed by atoms with Gasteiger partial charge in [-0.3, -0.25) is 0 Å². The van der Waals surface area contributed by atoms with Gasteiger partial charge in [0.05, 0.1) is 12.6 Å². The first-order chi connectivity index (χ1) is 11.8. The number of aryl methyl sites for hydroxylation is 2. The van der Waals surface area contributed by atoms with Gasteiger partial charge < -0.3 is 15.2 Å². The summed E-state index contributed by atoms with van der Waals surface area (Å²) in [7, 11) is 0. The zero-order valence-electron chi connectivity index (χ0n) is 17.0. The van der Waals surface area contributed by atoms with Crippen molar-refractivity contribution in [3.8, 4) is 0 Å². The second-order valence-electron chi connectivity index (χ2n) is 8.26. The number of hydrogen-bond acceptors (Lipinski definition) is 3. The second-order valence-corrected chi connectivity index (χ2v) is 8.26. The molecule has 1 fully saturated rings. The van der Waals surface area contributed by atoms with E-state index in [1.807, 2.05) is 6.92 Å². The molecule has 1 aliphatic rings. The molecule has 1 aliphatic heterocycles. The molecule has 0 bridgehead atoms. The van der Waals surface area contributed by atoms with Crippen LogP contribution in [-0.2, 0) is 29.8 Å². The van der Waals surface area contributed by atoms with E-state index in [1.165, 1.54) is 16.7 Å². The lowest BCUT2D eigenvalue weighted by Gasteiger charge is -2.46. The molecule has 0 aliphatic carbocycles. The highest BCUT2D eigenvalue weighted by molar-refractivity contribution is 5.42. The third-order valence-corrected chi connectivity index (χ3v) is 5.23. The molecule has 0 spiro atoms. The van der Waals surface area contributed by atoms with Crippen LogP contribution in [0.25, 0.3) is 0 Å². The molecule has 1 aromatic carbocycles. The third-order valence-electron chi connectivity index (χ3n) is 5.23. The van der Waals surface area contributed by atoms with Gasteiger partial charge in [0.2, 0.25) is 5.79 Å². The van der Waals surface area contributed by atoms with Crippen molar-refractivity contribution in [2.75, 3.05) is 6.61 Å². The van der Waals surface area contributed by atoms with Gasteiger partial charge in [0.1, 0.15) is 0 Å². The predicted octanol–water partition coefficient (Wildman–Crippen LogP) is 4.48. The van der Waals surface area contributed by atoms with Crippen molar-refractivity contribution in [1.29, 1.82) is 0 Å². The van der Waals surface area contributed by atoms with Crippen molar-refractivity contribution >= 4 is 0 Å². The lowest BCUT2D eigenvalue weighted by molar-refractivity contribution is -0.263.